The van der Waals surface area contributed by atoms with Crippen molar-refractivity contribution >= 4 is 0 Å². The van der Waals surface area contributed by atoms with Gasteiger partial charge in [0.2, 0.25) is 0 Å². The molecule has 1 saturated heterocycles. The van der Waals surface area contributed by atoms with E-state index in [1.54, 1.807) is 12.8 Å². The first kappa shape index (κ1) is 6.47. The molecule has 0 radical (unpaired) electrons. The van der Waals surface area contributed by atoms with Gasteiger partial charge in [0.05, 0.1) is 0 Å². The average molecular weight is 151 g/mol. The van der Waals surface area contributed by atoms with Crippen molar-refractivity contribution in [3.05, 3.63) is 0 Å². The van der Waals surface area contributed by atoms with Crippen molar-refractivity contribution in [1.29, 1.82) is 0 Å². The molecule has 0 aromatic heterocycles. The summed E-state index contributed by atoms with van der Waals surface area (Å²) in [5.41, 5.74) is 0. The maximum atomic E-state index is 2.65. The normalized spacial score (nSPS) is 54.3. The molecule has 0 aromatic rings. The zero-order valence-electron chi connectivity index (χ0n) is 7.29. The van der Waals surface area contributed by atoms with E-state index in [-0.39, 0.29) is 0 Å². The summed E-state index contributed by atoms with van der Waals surface area (Å²) in [5.74, 6) is 4.61. The summed E-state index contributed by atoms with van der Waals surface area (Å²) in [4.78, 5) is 2.65. The Morgan fingerprint density at radius 2 is 1.73 bits per heavy atom. The minimum absolute atomic E-state index is 1.12. The Hall–Kier alpha value is -0.0400. The molecule has 2 unspecified atom stereocenters. The van der Waals surface area contributed by atoms with Crippen molar-refractivity contribution in [2.75, 3.05) is 19.6 Å². The van der Waals surface area contributed by atoms with Crippen LogP contribution in [0.25, 0.3) is 0 Å². The molecule has 2 saturated carbocycles. The maximum Gasteiger partial charge on any atom is 0.00126 e. The van der Waals surface area contributed by atoms with Crippen molar-refractivity contribution < 1.29 is 0 Å². The lowest BCUT2D eigenvalue weighted by Gasteiger charge is -2.63. The SMILES string of the molecule is CCN1CC2CC3CC(C1)C32. The van der Waals surface area contributed by atoms with Gasteiger partial charge in [-0.3, -0.25) is 0 Å². The molecule has 3 fully saturated rings. The quantitative estimate of drug-likeness (QED) is 0.550. The molecule has 1 heterocycles. The molecule has 2 atom stereocenters. The molecular weight excluding hydrogens is 134 g/mol. The Kier molecular flexibility index (Phi) is 1.18. The summed E-state index contributed by atoms with van der Waals surface area (Å²) in [6.07, 6.45) is 3.13. The third-order valence-corrected chi connectivity index (χ3v) is 4.28. The number of rotatable bonds is 1. The molecule has 0 spiro atoms. The Morgan fingerprint density at radius 3 is 2.18 bits per heavy atom. The van der Waals surface area contributed by atoms with Crippen LogP contribution in [0.5, 0.6) is 0 Å². The molecule has 2 aliphatic carbocycles. The van der Waals surface area contributed by atoms with Gasteiger partial charge in [0.25, 0.3) is 0 Å². The molecular formula is C10H17N. The Bertz CT molecular complexity index is 162. The summed E-state index contributed by atoms with van der Waals surface area (Å²) >= 11 is 0. The Balaban J connectivity index is 1.72. The molecule has 0 bridgehead atoms. The van der Waals surface area contributed by atoms with Gasteiger partial charge in [0.1, 0.15) is 0 Å². The van der Waals surface area contributed by atoms with E-state index in [0.717, 1.165) is 11.8 Å². The topological polar surface area (TPSA) is 3.24 Å². The minimum atomic E-state index is 1.12. The summed E-state index contributed by atoms with van der Waals surface area (Å²) in [5, 5.41) is 0. The van der Waals surface area contributed by atoms with Crippen LogP contribution in [0.2, 0.25) is 0 Å². The van der Waals surface area contributed by atoms with Gasteiger partial charge >= 0.3 is 0 Å². The van der Waals surface area contributed by atoms with E-state index in [9.17, 15) is 0 Å². The zero-order valence-corrected chi connectivity index (χ0v) is 7.29. The van der Waals surface area contributed by atoms with Gasteiger partial charge in [0.15, 0.2) is 0 Å². The smallest absolute Gasteiger partial charge is 0.00126 e. The van der Waals surface area contributed by atoms with Gasteiger partial charge in [-0.25, -0.2) is 0 Å². The monoisotopic (exact) mass is 151 g/mol. The minimum Gasteiger partial charge on any atom is -0.303 e. The molecule has 0 amide bonds. The van der Waals surface area contributed by atoms with E-state index in [2.05, 4.69) is 11.8 Å². The summed E-state index contributed by atoms with van der Waals surface area (Å²) in [7, 11) is 0. The average Bonchev–Trinajstić information content (AvgIpc) is 1.92. The van der Waals surface area contributed by atoms with Crippen molar-refractivity contribution in [2.45, 2.75) is 19.8 Å². The van der Waals surface area contributed by atoms with Crippen LogP contribution < -0.4 is 0 Å². The fourth-order valence-corrected chi connectivity index (χ4v) is 3.65. The molecule has 11 heavy (non-hydrogen) atoms. The van der Waals surface area contributed by atoms with Crippen LogP contribution in [0, 0.1) is 23.7 Å². The second kappa shape index (κ2) is 2.01. The summed E-state index contributed by atoms with van der Waals surface area (Å²) in [6, 6.07) is 0. The van der Waals surface area contributed by atoms with Gasteiger partial charge in [-0.2, -0.15) is 0 Å². The largest absolute Gasteiger partial charge is 0.303 e. The molecule has 1 heteroatoms. The highest BCUT2D eigenvalue weighted by atomic mass is 15.1. The van der Waals surface area contributed by atoms with E-state index >= 15 is 0 Å². The fourth-order valence-electron chi connectivity index (χ4n) is 3.65. The lowest BCUT2D eigenvalue weighted by atomic mass is 9.46. The van der Waals surface area contributed by atoms with Crippen LogP contribution in [-0.2, 0) is 0 Å². The van der Waals surface area contributed by atoms with Crippen LogP contribution in [0.3, 0.4) is 0 Å². The van der Waals surface area contributed by atoms with Gasteiger partial charge < -0.3 is 4.90 Å². The predicted molar refractivity (Wildman–Crippen MR) is 45.3 cm³/mol. The zero-order chi connectivity index (χ0) is 7.42. The first-order valence-electron chi connectivity index (χ1n) is 5.11. The van der Waals surface area contributed by atoms with Crippen LogP contribution in [-0.4, -0.2) is 24.5 Å². The highest BCUT2D eigenvalue weighted by Gasteiger charge is 2.56. The number of hydrogen-bond acceptors (Lipinski definition) is 1. The van der Waals surface area contributed by atoms with Crippen LogP contribution >= 0.6 is 0 Å². The van der Waals surface area contributed by atoms with E-state index in [4.69, 9.17) is 0 Å². The molecule has 0 N–H and O–H groups in total. The van der Waals surface area contributed by atoms with Crippen LogP contribution in [0.1, 0.15) is 19.8 Å². The fraction of sp³-hybridized carbons (Fsp3) is 1.00. The molecule has 0 aromatic carbocycles. The van der Waals surface area contributed by atoms with Gasteiger partial charge in [-0.15, -0.1) is 0 Å². The van der Waals surface area contributed by atoms with E-state index in [1.165, 1.54) is 31.5 Å². The lowest BCUT2D eigenvalue weighted by Crippen LogP contribution is -2.62. The first-order chi connectivity index (χ1) is 5.38. The number of piperidine rings is 1. The number of hydrogen-bond donors (Lipinski definition) is 0. The van der Waals surface area contributed by atoms with Gasteiger partial charge in [-0.05, 0) is 43.1 Å². The molecule has 3 rings (SSSR count). The first-order valence-corrected chi connectivity index (χ1v) is 5.11. The third-order valence-electron chi connectivity index (χ3n) is 4.28. The molecule has 1 nitrogen and oxygen atoms in total. The highest BCUT2D eigenvalue weighted by Crippen LogP contribution is 2.60. The summed E-state index contributed by atoms with van der Waals surface area (Å²) in [6.45, 7) is 6.43. The van der Waals surface area contributed by atoms with E-state index in [0.29, 0.717) is 0 Å². The Labute approximate surface area is 68.8 Å². The molecule has 1 aliphatic heterocycles. The second-order valence-corrected chi connectivity index (χ2v) is 4.68. The van der Waals surface area contributed by atoms with Crippen molar-refractivity contribution in [3.8, 4) is 0 Å². The number of nitrogens with zero attached hydrogens (tertiary/aromatic N) is 1. The maximum absolute atomic E-state index is 2.65. The van der Waals surface area contributed by atoms with E-state index < -0.39 is 0 Å². The van der Waals surface area contributed by atoms with Gasteiger partial charge in [0, 0.05) is 13.1 Å². The lowest BCUT2D eigenvalue weighted by molar-refractivity contribution is -0.144. The second-order valence-electron chi connectivity index (χ2n) is 4.68. The van der Waals surface area contributed by atoms with Crippen molar-refractivity contribution in [2.24, 2.45) is 23.7 Å². The van der Waals surface area contributed by atoms with E-state index in [1.807, 2.05) is 0 Å². The highest BCUT2D eigenvalue weighted by molar-refractivity contribution is 5.06. The molecule has 62 valence electrons. The van der Waals surface area contributed by atoms with Crippen LogP contribution in [0.4, 0.5) is 0 Å². The standard InChI is InChI=1S/C10H17N/c1-2-11-5-8-3-7-4-9(6-11)10(7)8/h7-10H,2-6H2,1H3. The van der Waals surface area contributed by atoms with Crippen molar-refractivity contribution in [1.82, 2.24) is 4.90 Å². The summed E-state index contributed by atoms with van der Waals surface area (Å²) < 4.78 is 0. The van der Waals surface area contributed by atoms with Crippen LogP contribution in [0.15, 0.2) is 0 Å². The predicted octanol–water partition coefficient (Wildman–Crippen LogP) is 1.59. The number of likely N-dealkylation sites (tertiary alicyclic amines) is 1. The van der Waals surface area contributed by atoms with Crippen molar-refractivity contribution in [3.63, 3.8) is 0 Å². The third kappa shape index (κ3) is 0.703. The van der Waals surface area contributed by atoms with Gasteiger partial charge in [-0.1, -0.05) is 6.92 Å². The molecule has 3 aliphatic rings. The Morgan fingerprint density at radius 1 is 1.09 bits per heavy atom.